The van der Waals surface area contributed by atoms with Crippen LogP contribution in [0.1, 0.15) is 21.6 Å². The Hall–Kier alpha value is -3.19. The minimum Gasteiger partial charge on any atom is -0.289 e. The number of carbonyl (C=O) groups is 1. The van der Waals surface area contributed by atoms with Crippen LogP contribution in [0.4, 0.5) is 10.1 Å². The number of hydrogen-bond donors (Lipinski definition) is 0. The third-order valence-electron chi connectivity index (χ3n) is 3.71. The first kappa shape index (κ1) is 17.6. The first-order valence-corrected chi connectivity index (χ1v) is 8.51. The molecule has 0 spiro atoms. The molecule has 0 unspecified atom stereocenters. The normalized spacial score (nSPS) is 11.0. The lowest BCUT2D eigenvalue weighted by Gasteiger charge is -1.99. The van der Waals surface area contributed by atoms with Crippen molar-refractivity contribution in [3.8, 4) is 10.6 Å². The molecule has 0 radical (unpaired) electrons. The fraction of sp³-hybridized carbons (Fsp3) is 0.0526. The molecule has 0 saturated carbocycles. The second kappa shape index (κ2) is 7.37. The van der Waals surface area contributed by atoms with Crippen molar-refractivity contribution < 1.29 is 14.1 Å². The molecule has 26 heavy (non-hydrogen) atoms. The summed E-state index contributed by atoms with van der Waals surface area (Å²) in [6.07, 6.45) is 2.88. The Kier molecular flexibility index (Phi) is 4.99. The maximum Gasteiger partial charge on any atom is 0.273 e. The zero-order valence-corrected chi connectivity index (χ0v) is 14.5. The van der Waals surface area contributed by atoms with Gasteiger partial charge in [-0.05, 0) is 43.3 Å². The number of benzene rings is 2. The monoisotopic (exact) mass is 368 g/mol. The van der Waals surface area contributed by atoms with Crippen LogP contribution in [0.15, 0.2) is 53.9 Å². The van der Waals surface area contributed by atoms with Gasteiger partial charge in [0.15, 0.2) is 5.78 Å². The second-order valence-electron chi connectivity index (χ2n) is 5.54. The highest BCUT2D eigenvalue weighted by atomic mass is 32.1. The highest BCUT2D eigenvalue weighted by Crippen LogP contribution is 2.25. The second-order valence-corrected chi connectivity index (χ2v) is 6.40. The van der Waals surface area contributed by atoms with Crippen LogP contribution in [0.25, 0.3) is 16.6 Å². The summed E-state index contributed by atoms with van der Waals surface area (Å²) in [7, 11) is 0. The van der Waals surface area contributed by atoms with Crippen molar-refractivity contribution in [3.63, 3.8) is 0 Å². The number of allylic oxidation sites excluding steroid dienone is 1. The molecule has 7 heteroatoms. The van der Waals surface area contributed by atoms with Crippen molar-refractivity contribution in [1.82, 2.24) is 4.98 Å². The molecular formula is C19H13FN2O3S. The van der Waals surface area contributed by atoms with Crippen LogP contribution in [0.5, 0.6) is 0 Å². The number of nitro groups is 1. The van der Waals surface area contributed by atoms with E-state index in [0.717, 1.165) is 5.56 Å². The van der Waals surface area contributed by atoms with Gasteiger partial charge in [0.1, 0.15) is 10.8 Å². The highest BCUT2D eigenvalue weighted by molar-refractivity contribution is 7.13. The first-order chi connectivity index (χ1) is 12.4. The summed E-state index contributed by atoms with van der Waals surface area (Å²) in [5.41, 5.74) is 2.03. The van der Waals surface area contributed by atoms with Crippen molar-refractivity contribution in [3.05, 3.63) is 86.7 Å². The molecule has 0 N–H and O–H groups in total. The van der Waals surface area contributed by atoms with Crippen molar-refractivity contribution in [2.24, 2.45) is 0 Å². The van der Waals surface area contributed by atoms with Gasteiger partial charge >= 0.3 is 0 Å². The average molecular weight is 368 g/mol. The third-order valence-corrected chi connectivity index (χ3v) is 4.62. The van der Waals surface area contributed by atoms with Gasteiger partial charge in [0.2, 0.25) is 0 Å². The topological polar surface area (TPSA) is 73.1 Å². The largest absolute Gasteiger partial charge is 0.289 e. The molecule has 3 aromatic rings. The van der Waals surface area contributed by atoms with Crippen molar-refractivity contribution in [1.29, 1.82) is 0 Å². The number of nitro benzene ring substituents is 1. The van der Waals surface area contributed by atoms with Crippen LogP contribution in [0, 0.1) is 22.9 Å². The van der Waals surface area contributed by atoms with Crippen LogP contribution in [-0.2, 0) is 0 Å². The maximum atomic E-state index is 13.0. The number of aromatic nitrogens is 1. The Morgan fingerprint density at radius 2 is 1.96 bits per heavy atom. The van der Waals surface area contributed by atoms with Gasteiger partial charge < -0.3 is 0 Å². The van der Waals surface area contributed by atoms with Crippen LogP contribution in [0.3, 0.4) is 0 Å². The van der Waals surface area contributed by atoms with Crippen LogP contribution < -0.4 is 0 Å². The van der Waals surface area contributed by atoms with E-state index in [2.05, 4.69) is 4.98 Å². The molecular weight excluding hydrogens is 355 g/mol. The maximum absolute atomic E-state index is 13.0. The molecule has 0 aliphatic heterocycles. The van der Waals surface area contributed by atoms with Gasteiger partial charge in [0.05, 0.1) is 10.6 Å². The van der Waals surface area contributed by atoms with Crippen molar-refractivity contribution in [2.75, 3.05) is 0 Å². The summed E-state index contributed by atoms with van der Waals surface area (Å²) in [6.45, 7) is 1.62. The van der Waals surface area contributed by atoms with Gasteiger partial charge in [-0.15, -0.1) is 11.3 Å². The van der Waals surface area contributed by atoms with Gasteiger partial charge in [-0.2, -0.15) is 0 Å². The van der Waals surface area contributed by atoms with E-state index in [-0.39, 0.29) is 22.9 Å². The Morgan fingerprint density at radius 1 is 1.23 bits per heavy atom. The lowest BCUT2D eigenvalue weighted by Crippen LogP contribution is -1.98. The molecule has 1 heterocycles. The van der Waals surface area contributed by atoms with E-state index in [0.29, 0.717) is 16.3 Å². The molecule has 0 amide bonds. The number of carbonyl (C=O) groups excluding carboxylic acids is 1. The summed E-state index contributed by atoms with van der Waals surface area (Å²) in [5.74, 6) is -0.660. The number of ketones is 1. The van der Waals surface area contributed by atoms with Crippen LogP contribution >= 0.6 is 11.3 Å². The summed E-state index contributed by atoms with van der Waals surface area (Å²) < 4.78 is 13.0. The van der Waals surface area contributed by atoms with E-state index < -0.39 is 4.92 Å². The lowest BCUT2D eigenvalue weighted by molar-refractivity contribution is -0.385. The molecule has 130 valence electrons. The smallest absolute Gasteiger partial charge is 0.273 e. The summed E-state index contributed by atoms with van der Waals surface area (Å²) in [6, 6.07) is 10.4. The van der Waals surface area contributed by atoms with Gasteiger partial charge in [0.25, 0.3) is 5.69 Å². The number of aryl methyl sites for hydroxylation is 1. The highest BCUT2D eigenvalue weighted by Gasteiger charge is 2.13. The molecule has 0 aliphatic rings. The van der Waals surface area contributed by atoms with E-state index >= 15 is 0 Å². The number of hydrogen-bond acceptors (Lipinski definition) is 5. The van der Waals surface area contributed by atoms with E-state index in [9.17, 15) is 19.3 Å². The number of halogens is 1. The van der Waals surface area contributed by atoms with Gasteiger partial charge in [0, 0.05) is 28.1 Å². The van der Waals surface area contributed by atoms with E-state index in [1.807, 2.05) is 0 Å². The fourth-order valence-electron chi connectivity index (χ4n) is 2.30. The molecule has 0 atom stereocenters. The molecule has 5 nitrogen and oxygen atoms in total. The zero-order chi connectivity index (χ0) is 18.7. The van der Waals surface area contributed by atoms with E-state index in [1.165, 1.54) is 35.6 Å². The molecule has 0 bridgehead atoms. The standard InChI is InChI=1S/C19H13FN2O3S/c1-12-2-3-14(10-17(12)22(24)25)18(23)9-8-16-11-26-19(21-16)13-4-6-15(20)7-5-13/h2-11H,1H3/b9-8+. The molecule has 1 aromatic heterocycles. The van der Waals surface area contributed by atoms with Crippen molar-refractivity contribution >= 4 is 28.9 Å². The van der Waals surface area contributed by atoms with Gasteiger partial charge in [-0.1, -0.05) is 12.1 Å². The quantitative estimate of drug-likeness (QED) is 0.273. The Morgan fingerprint density at radius 3 is 2.65 bits per heavy atom. The molecule has 0 aliphatic carbocycles. The Balaban J connectivity index is 1.78. The van der Waals surface area contributed by atoms with E-state index in [1.54, 1.807) is 42.6 Å². The summed E-state index contributed by atoms with van der Waals surface area (Å²) in [4.78, 5) is 27.1. The summed E-state index contributed by atoms with van der Waals surface area (Å²) >= 11 is 1.38. The van der Waals surface area contributed by atoms with Crippen molar-refractivity contribution in [2.45, 2.75) is 6.92 Å². The molecule has 0 fully saturated rings. The minimum absolute atomic E-state index is 0.0866. The van der Waals surface area contributed by atoms with Crippen LogP contribution in [-0.4, -0.2) is 15.7 Å². The van der Waals surface area contributed by atoms with Gasteiger partial charge in [-0.25, -0.2) is 9.37 Å². The molecule has 2 aromatic carbocycles. The number of nitrogens with zero attached hydrogens (tertiary/aromatic N) is 2. The third kappa shape index (κ3) is 3.89. The van der Waals surface area contributed by atoms with E-state index in [4.69, 9.17) is 0 Å². The average Bonchev–Trinajstić information content (AvgIpc) is 3.09. The van der Waals surface area contributed by atoms with Crippen LogP contribution in [0.2, 0.25) is 0 Å². The van der Waals surface area contributed by atoms with Gasteiger partial charge in [-0.3, -0.25) is 14.9 Å². The Bertz CT molecular complexity index is 1010. The lowest BCUT2D eigenvalue weighted by atomic mass is 10.1. The first-order valence-electron chi connectivity index (χ1n) is 7.63. The summed E-state index contributed by atoms with van der Waals surface area (Å²) in [5, 5.41) is 13.5. The number of rotatable bonds is 5. The minimum atomic E-state index is -0.509. The number of thiazole rings is 1. The predicted molar refractivity (Wildman–Crippen MR) is 98.7 cm³/mol. The Labute approximate surface area is 152 Å². The molecule has 3 rings (SSSR count). The molecule has 0 saturated heterocycles. The predicted octanol–water partition coefficient (Wildman–Crippen LogP) is 5.06. The zero-order valence-electron chi connectivity index (χ0n) is 13.7. The SMILES string of the molecule is Cc1ccc(C(=O)/C=C/c2csc(-c3ccc(F)cc3)n2)cc1[N+](=O)[O-]. The fourth-order valence-corrected chi connectivity index (χ4v) is 3.10.